The zero-order valence-electron chi connectivity index (χ0n) is 15.7. The number of carboxylic acid groups (broad SMARTS) is 2. The minimum absolute atomic E-state index is 0. The Morgan fingerprint density at radius 3 is 1.17 bits per heavy atom. The summed E-state index contributed by atoms with van der Waals surface area (Å²) in [4.78, 5) is 20.4. The Morgan fingerprint density at radius 1 is 0.542 bits per heavy atom. The Kier molecular flexibility index (Phi) is 29.1. The van der Waals surface area contributed by atoms with E-state index in [1.807, 2.05) is 0 Å². The van der Waals surface area contributed by atoms with Gasteiger partial charge in [-0.1, -0.05) is 50.7 Å². The maximum Gasteiger partial charge on any atom is 1.00 e. The molecule has 0 aromatic heterocycles. The van der Waals surface area contributed by atoms with Gasteiger partial charge in [-0.3, -0.25) is 0 Å². The van der Waals surface area contributed by atoms with Gasteiger partial charge in [-0.25, -0.2) is 0 Å². The quantitative estimate of drug-likeness (QED) is 0.163. The molecule has 0 amide bonds. The zero-order valence-corrected chi connectivity index (χ0v) is 19.7. The fourth-order valence-corrected chi connectivity index (χ4v) is 2.36. The van der Waals surface area contributed by atoms with Crippen molar-refractivity contribution in [3.8, 4) is 0 Å². The van der Waals surface area contributed by atoms with E-state index in [0.29, 0.717) is 0 Å². The predicted octanol–water partition coefficient (Wildman–Crippen LogP) is -3.49. The van der Waals surface area contributed by atoms with E-state index in [4.69, 9.17) is 0 Å². The van der Waals surface area contributed by atoms with Crippen molar-refractivity contribution in [1.82, 2.24) is 0 Å². The van der Waals surface area contributed by atoms with Crippen molar-refractivity contribution < 1.29 is 78.9 Å². The first-order chi connectivity index (χ1) is 10.6. The fourth-order valence-electron chi connectivity index (χ4n) is 2.36. The van der Waals surface area contributed by atoms with Gasteiger partial charge in [-0.05, 0) is 51.4 Å². The van der Waals surface area contributed by atoms with E-state index in [1.54, 1.807) is 0 Å². The summed E-state index contributed by atoms with van der Waals surface area (Å²) in [6.45, 7) is 0. The van der Waals surface area contributed by atoms with Crippen LogP contribution < -0.4 is 69.3 Å². The van der Waals surface area contributed by atoms with Crippen molar-refractivity contribution in [3.63, 3.8) is 0 Å². The molecule has 0 aliphatic carbocycles. The number of rotatable bonds is 16. The average molecular weight is 356 g/mol. The van der Waals surface area contributed by atoms with Gasteiger partial charge in [0.2, 0.25) is 0 Å². The molecule has 24 heavy (non-hydrogen) atoms. The normalized spacial score (nSPS) is 10.2. The van der Waals surface area contributed by atoms with Gasteiger partial charge in [0, 0.05) is 11.9 Å². The maximum atomic E-state index is 10.2. The number of carbonyl (C=O) groups excluding carboxylic acids is 2. The Morgan fingerprint density at radius 2 is 0.833 bits per heavy atom. The Balaban J connectivity index is -0.00000220. The van der Waals surface area contributed by atoms with E-state index in [2.05, 4.69) is 12.2 Å². The second-order valence-corrected chi connectivity index (χ2v) is 5.83. The molecule has 0 aliphatic rings. The van der Waals surface area contributed by atoms with E-state index in [9.17, 15) is 19.8 Å². The van der Waals surface area contributed by atoms with Gasteiger partial charge in [0.25, 0.3) is 0 Å². The summed E-state index contributed by atoms with van der Waals surface area (Å²) >= 11 is 0. The van der Waals surface area contributed by atoms with Crippen molar-refractivity contribution >= 4 is 11.9 Å². The molecule has 0 aromatic rings. The van der Waals surface area contributed by atoms with Crippen LogP contribution in [0.5, 0.6) is 0 Å². The molecule has 0 heterocycles. The summed E-state index contributed by atoms with van der Waals surface area (Å²) in [6, 6.07) is 0. The molecule has 0 aromatic carbocycles. The molecule has 0 bridgehead atoms. The number of carbonyl (C=O) groups is 2. The number of unbranched alkanes of at least 4 members (excludes halogenated alkanes) is 10. The monoisotopic (exact) mass is 356 g/mol. The van der Waals surface area contributed by atoms with Gasteiger partial charge in [-0.2, -0.15) is 0 Å². The van der Waals surface area contributed by atoms with Crippen LogP contribution in [0.15, 0.2) is 12.2 Å². The Bertz CT molecular complexity index is 290. The summed E-state index contributed by atoms with van der Waals surface area (Å²) in [5.41, 5.74) is 0. The Labute approximate surface area is 191 Å². The SMILES string of the molecule is O=C([O-])CCCCCCCC=CCCCCCCCC(=O)[O-].[Na+].[Na+]. The number of aliphatic carboxylic acids is 2. The largest absolute Gasteiger partial charge is 1.00 e. The van der Waals surface area contributed by atoms with Crippen LogP contribution in [0.4, 0.5) is 0 Å². The molecule has 0 N–H and O–H groups in total. The van der Waals surface area contributed by atoms with Crippen LogP contribution in [0.25, 0.3) is 0 Å². The maximum absolute atomic E-state index is 10.2. The summed E-state index contributed by atoms with van der Waals surface area (Å²) in [5, 5.41) is 20.4. The van der Waals surface area contributed by atoms with Crippen LogP contribution in [0.1, 0.15) is 89.9 Å². The topological polar surface area (TPSA) is 80.3 Å². The second kappa shape index (κ2) is 23.7. The molecule has 0 saturated heterocycles. The molecule has 0 unspecified atom stereocenters. The fraction of sp³-hybridized carbons (Fsp3) is 0.778. The molecule has 0 spiro atoms. The van der Waals surface area contributed by atoms with Gasteiger partial charge in [-0.15, -0.1) is 0 Å². The molecule has 0 aliphatic heterocycles. The molecule has 0 radical (unpaired) electrons. The van der Waals surface area contributed by atoms with Crippen LogP contribution in [0.3, 0.4) is 0 Å². The van der Waals surface area contributed by atoms with E-state index < -0.39 is 11.9 Å². The summed E-state index contributed by atoms with van der Waals surface area (Å²) in [6.07, 6.45) is 17.4. The summed E-state index contributed by atoms with van der Waals surface area (Å²) in [5.74, 6) is -1.89. The Hall–Kier alpha value is 0.680. The molecular formula is C18H30Na2O4. The minimum Gasteiger partial charge on any atom is -0.550 e. The third-order valence-electron chi connectivity index (χ3n) is 3.67. The van der Waals surface area contributed by atoms with Crippen LogP contribution in [0, 0.1) is 0 Å². The minimum atomic E-state index is -0.943. The second-order valence-electron chi connectivity index (χ2n) is 5.83. The van der Waals surface area contributed by atoms with Gasteiger partial charge < -0.3 is 19.8 Å². The van der Waals surface area contributed by atoms with E-state index >= 15 is 0 Å². The number of hydrogen-bond acceptors (Lipinski definition) is 4. The van der Waals surface area contributed by atoms with E-state index in [1.165, 1.54) is 12.8 Å². The van der Waals surface area contributed by atoms with Crippen molar-refractivity contribution in [2.75, 3.05) is 0 Å². The number of hydrogen-bond donors (Lipinski definition) is 0. The molecule has 4 nitrogen and oxygen atoms in total. The van der Waals surface area contributed by atoms with Gasteiger partial charge in [0.1, 0.15) is 0 Å². The average Bonchev–Trinajstić information content (AvgIpc) is 2.46. The first-order valence-electron chi connectivity index (χ1n) is 8.67. The first kappa shape index (κ1) is 29.4. The summed E-state index contributed by atoms with van der Waals surface area (Å²) in [7, 11) is 0. The third kappa shape index (κ3) is 27.5. The molecule has 0 saturated carbocycles. The van der Waals surface area contributed by atoms with Crippen LogP contribution >= 0.6 is 0 Å². The van der Waals surface area contributed by atoms with Gasteiger partial charge in [0.05, 0.1) is 0 Å². The first-order valence-corrected chi connectivity index (χ1v) is 8.67. The van der Waals surface area contributed by atoms with Gasteiger partial charge in [0.15, 0.2) is 0 Å². The molecular weight excluding hydrogens is 326 g/mol. The molecule has 6 heteroatoms. The molecule has 128 valence electrons. The van der Waals surface area contributed by atoms with Crippen molar-refractivity contribution in [1.29, 1.82) is 0 Å². The van der Waals surface area contributed by atoms with E-state index in [-0.39, 0.29) is 72.0 Å². The predicted molar refractivity (Wildman–Crippen MR) is 83.8 cm³/mol. The van der Waals surface area contributed by atoms with Crippen LogP contribution in [0.2, 0.25) is 0 Å². The standard InChI is InChI=1S/C18H32O4.2Na/c19-17(20)15-13-11-9-7-5-3-1-2-4-6-8-10-12-14-16-18(21)22;;/h1-2H,3-16H2,(H,19,20)(H,21,22);;/q;2*+1/p-2. The van der Waals surface area contributed by atoms with Crippen molar-refractivity contribution in [3.05, 3.63) is 12.2 Å². The number of carboxylic acids is 2. The van der Waals surface area contributed by atoms with Crippen molar-refractivity contribution in [2.45, 2.75) is 89.9 Å². The zero-order chi connectivity index (χ0) is 16.5. The third-order valence-corrected chi connectivity index (χ3v) is 3.67. The molecule has 0 fully saturated rings. The number of allylic oxidation sites excluding steroid dienone is 2. The van der Waals surface area contributed by atoms with Crippen LogP contribution in [-0.2, 0) is 9.59 Å². The molecule has 0 rings (SSSR count). The summed E-state index contributed by atoms with van der Waals surface area (Å²) < 4.78 is 0. The molecule has 0 atom stereocenters. The van der Waals surface area contributed by atoms with Gasteiger partial charge >= 0.3 is 59.1 Å². The van der Waals surface area contributed by atoms with E-state index in [0.717, 1.165) is 64.2 Å². The smallest absolute Gasteiger partial charge is 0.550 e. The van der Waals surface area contributed by atoms with Crippen LogP contribution in [-0.4, -0.2) is 11.9 Å². The van der Waals surface area contributed by atoms with Crippen molar-refractivity contribution in [2.24, 2.45) is 0 Å².